The molecule has 0 saturated carbocycles. The molecule has 2 rings (SSSR count). The molecule has 3 nitrogen and oxygen atoms in total. The van der Waals surface area contributed by atoms with Crippen LogP contribution < -0.4 is 4.90 Å². The van der Waals surface area contributed by atoms with E-state index in [1.807, 2.05) is 22.4 Å². The molecule has 0 aliphatic carbocycles. The molecule has 1 aliphatic rings. The van der Waals surface area contributed by atoms with E-state index in [-0.39, 0.29) is 0 Å². The smallest absolute Gasteiger partial charge is 0.127 e. The van der Waals surface area contributed by atoms with Gasteiger partial charge in [0.2, 0.25) is 0 Å². The van der Waals surface area contributed by atoms with Crippen LogP contribution in [0.3, 0.4) is 0 Å². The maximum atomic E-state index is 8.89. The highest BCUT2D eigenvalue weighted by atomic mass is 32.2. The Labute approximate surface area is 92.2 Å². The summed E-state index contributed by atoms with van der Waals surface area (Å²) in [5.41, 5.74) is 2.14. The predicted molar refractivity (Wildman–Crippen MR) is 59.8 cm³/mol. The number of allylic oxidation sites excluding steroid dienone is 1. The molecule has 72 valence electrons. The second-order valence-electron chi connectivity index (χ2n) is 3.00. The van der Waals surface area contributed by atoms with Crippen LogP contribution in [-0.4, -0.2) is 5.88 Å². The van der Waals surface area contributed by atoms with Crippen LogP contribution in [-0.2, 0) is 0 Å². The van der Waals surface area contributed by atoms with Crippen LogP contribution in [0, 0.1) is 22.7 Å². The third-order valence-corrected chi connectivity index (χ3v) is 2.89. The molecule has 0 N–H and O–H groups in total. The maximum absolute atomic E-state index is 8.89. The number of nitrogens with zero attached hydrogens (tertiary/aromatic N) is 3. The van der Waals surface area contributed by atoms with Gasteiger partial charge in [0.1, 0.15) is 11.8 Å². The van der Waals surface area contributed by atoms with Crippen molar-refractivity contribution in [3.63, 3.8) is 0 Å². The van der Waals surface area contributed by atoms with Crippen molar-refractivity contribution in [2.24, 2.45) is 0 Å². The van der Waals surface area contributed by atoms with Gasteiger partial charge in [0.15, 0.2) is 0 Å². The first-order valence-corrected chi connectivity index (χ1v) is 5.39. The first-order valence-electron chi connectivity index (χ1n) is 4.35. The second kappa shape index (κ2) is 4.08. The van der Waals surface area contributed by atoms with Crippen molar-refractivity contribution in [3.8, 4) is 12.1 Å². The van der Waals surface area contributed by atoms with Crippen molar-refractivity contribution in [2.75, 3.05) is 10.8 Å². The largest absolute Gasteiger partial charge is 0.322 e. The normalized spacial score (nSPS) is 14.3. The predicted octanol–water partition coefficient (Wildman–Crippen LogP) is 2.43. The average molecular weight is 213 g/mol. The van der Waals surface area contributed by atoms with Crippen LogP contribution in [0.25, 0.3) is 0 Å². The number of benzene rings is 1. The molecule has 0 amide bonds. The van der Waals surface area contributed by atoms with Crippen LogP contribution in [0.4, 0.5) is 5.69 Å². The van der Waals surface area contributed by atoms with E-state index in [1.54, 1.807) is 23.9 Å². The van der Waals surface area contributed by atoms with Gasteiger partial charge in [-0.25, -0.2) is 0 Å². The Morgan fingerprint density at radius 1 is 1.27 bits per heavy atom. The van der Waals surface area contributed by atoms with Crippen molar-refractivity contribution >= 4 is 17.4 Å². The Kier molecular flexibility index (Phi) is 2.62. The molecule has 0 fully saturated rings. The van der Waals surface area contributed by atoms with E-state index in [4.69, 9.17) is 10.5 Å². The molecule has 0 atom stereocenters. The molecule has 0 spiro atoms. The third-order valence-electron chi connectivity index (χ3n) is 2.09. The summed E-state index contributed by atoms with van der Waals surface area (Å²) in [5, 5.41) is 19.5. The number of rotatable bonds is 1. The highest BCUT2D eigenvalue weighted by Crippen LogP contribution is 2.29. The lowest BCUT2D eigenvalue weighted by Crippen LogP contribution is -2.16. The van der Waals surface area contributed by atoms with Gasteiger partial charge in [-0.1, -0.05) is 6.07 Å². The van der Waals surface area contributed by atoms with E-state index in [0.717, 1.165) is 11.6 Å². The molecule has 0 unspecified atom stereocenters. The molecule has 0 aromatic heterocycles. The SMILES string of the molecule is N#CC1=CSCN1c1cccc(C#N)c1. The Balaban J connectivity index is 2.35. The van der Waals surface area contributed by atoms with Crippen molar-refractivity contribution in [2.45, 2.75) is 0 Å². The van der Waals surface area contributed by atoms with Crippen LogP contribution in [0.15, 0.2) is 35.4 Å². The Bertz CT molecular complexity index is 493. The standard InChI is InChI=1S/C11H7N3S/c12-5-9-2-1-3-10(4-9)14-8-15-7-11(14)6-13/h1-4,7H,8H2. The second-order valence-corrected chi connectivity index (χ2v) is 3.83. The van der Waals surface area contributed by atoms with Gasteiger partial charge in [0, 0.05) is 11.1 Å². The molecule has 1 aromatic carbocycles. The van der Waals surface area contributed by atoms with E-state index in [1.165, 1.54) is 0 Å². The summed E-state index contributed by atoms with van der Waals surface area (Å²) >= 11 is 1.58. The third kappa shape index (κ3) is 1.81. The minimum Gasteiger partial charge on any atom is -0.322 e. The van der Waals surface area contributed by atoms with Crippen LogP contribution in [0.2, 0.25) is 0 Å². The zero-order valence-corrected chi connectivity index (χ0v) is 8.66. The molecule has 1 heterocycles. The van der Waals surface area contributed by atoms with E-state index >= 15 is 0 Å². The van der Waals surface area contributed by atoms with Gasteiger partial charge in [0.25, 0.3) is 0 Å². The molecule has 4 heteroatoms. The lowest BCUT2D eigenvalue weighted by Gasteiger charge is -2.17. The fourth-order valence-electron chi connectivity index (χ4n) is 1.37. The van der Waals surface area contributed by atoms with Gasteiger partial charge < -0.3 is 4.90 Å². The van der Waals surface area contributed by atoms with Gasteiger partial charge in [-0.3, -0.25) is 0 Å². The number of hydrogen-bond acceptors (Lipinski definition) is 4. The van der Waals surface area contributed by atoms with Crippen molar-refractivity contribution in [1.82, 2.24) is 0 Å². The van der Waals surface area contributed by atoms with Gasteiger partial charge in [0.05, 0.1) is 17.5 Å². The number of anilines is 1. The molecule has 15 heavy (non-hydrogen) atoms. The van der Waals surface area contributed by atoms with Gasteiger partial charge in [-0.15, -0.1) is 11.8 Å². The maximum Gasteiger partial charge on any atom is 0.127 e. The summed E-state index contributed by atoms with van der Waals surface area (Å²) in [5.74, 6) is 0.734. The summed E-state index contributed by atoms with van der Waals surface area (Å²) in [6.45, 7) is 0. The first-order chi connectivity index (χ1) is 7.35. The van der Waals surface area contributed by atoms with E-state index in [0.29, 0.717) is 11.3 Å². The Morgan fingerprint density at radius 3 is 2.87 bits per heavy atom. The molecule has 0 bridgehead atoms. The highest BCUT2D eigenvalue weighted by Gasteiger charge is 2.16. The Hall–Kier alpha value is -1.91. The van der Waals surface area contributed by atoms with Crippen molar-refractivity contribution in [3.05, 3.63) is 40.9 Å². The van der Waals surface area contributed by atoms with Crippen molar-refractivity contribution < 1.29 is 0 Å². The average Bonchev–Trinajstić information content (AvgIpc) is 2.77. The molecule has 1 aliphatic heterocycles. The summed E-state index contributed by atoms with van der Waals surface area (Å²) in [6.07, 6.45) is 0. The van der Waals surface area contributed by atoms with Gasteiger partial charge >= 0.3 is 0 Å². The first kappa shape index (κ1) is 9.64. The summed E-state index contributed by atoms with van der Waals surface area (Å²) in [7, 11) is 0. The number of hydrogen-bond donors (Lipinski definition) is 0. The summed E-state index contributed by atoms with van der Waals surface area (Å²) in [6, 6.07) is 11.5. The zero-order valence-electron chi connectivity index (χ0n) is 7.84. The molecular formula is C11H7N3S. The fraction of sp³-hybridized carbons (Fsp3) is 0.0909. The van der Waals surface area contributed by atoms with Crippen LogP contribution in [0.1, 0.15) is 5.56 Å². The topological polar surface area (TPSA) is 50.8 Å². The summed E-state index contributed by atoms with van der Waals surface area (Å²) < 4.78 is 0. The fourth-order valence-corrected chi connectivity index (χ4v) is 2.22. The van der Waals surface area contributed by atoms with E-state index in [2.05, 4.69) is 12.1 Å². The summed E-state index contributed by atoms with van der Waals surface area (Å²) in [4.78, 5) is 1.89. The number of nitriles is 2. The zero-order chi connectivity index (χ0) is 10.7. The lowest BCUT2D eigenvalue weighted by molar-refractivity contribution is 1.13. The van der Waals surface area contributed by atoms with Crippen LogP contribution >= 0.6 is 11.8 Å². The minimum absolute atomic E-state index is 0.613. The quantitative estimate of drug-likeness (QED) is 0.719. The van der Waals surface area contributed by atoms with E-state index < -0.39 is 0 Å². The van der Waals surface area contributed by atoms with Crippen molar-refractivity contribution in [1.29, 1.82) is 10.5 Å². The molecule has 0 saturated heterocycles. The minimum atomic E-state index is 0.613. The Morgan fingerprint density at radius 2 is 2.13 bits per heavy atom. The van der Waals surface area contributed by atoms with E-state index in [9.17, 15) is 0 Å². The molecule has 1 aromatic rings. The van der Waals surface area contributed by atoms with Gasteiger partial charge in [-0.2, -0.15) is 10.5 Å². The van der Waals surface area contributed by atoms with Gasteiger partial charge in [-0.05, 0) is 18.2 Å². The highest BCUT2D eigenvalue weighted by molar-refractivity contribution is 8.02. The monoisotopic (exact) mass is 213 g/mol. The molecule has 0 radical (unpaired) electrons. The number of thioether (sulfide) groups is 1. The molecular weight excluding hydrogens is 206 g/mol. The lowest BCUT2D eigenvalue weighted by atomic mass is 10.2. The van der Waals surface area contributed by atoms with Crippen LogP contribution in [0.5, 0.6) is 0 Å².